The molecule has 0 radical (unpaired) electrons. The van der Waals surface area contributed by atoms with E-state index in [0.717, 1.165) is 24.5 Å². The monoisotopic (exact) mass is 377 g/mol. The molecule has 3 rings (SSSR count). The lowest BCUT2D eigenvalue weighted by molar-refractivity contribution is 0.0947. The highest BCUT2D eigenvalue weighted by atomic mass is 79.9. The highest BCUT2D eigenvalue weighted by molar-refractivity contribution is 9.10. The summed E-state index contributed by atoms with van der Waals surface area (Å²) < 4.78 is 14.3. The number of rotatable bonds is 4. The number of nitrogens with zero attached hydrogens (tertiary/aromatic N) is 2. The number of hydrogen-bond donors (Lipinski definition) is 1. The first-order chi connectivity index (χ1) is 11.1. The van der Waals surface area contributed by atoms with E-state index < -0.39 is 11.7 Å². The Hall–Kier alpha value is -1.95. The molecule has 1 aromatic heterocycles. The highest BCUT2D eigenvalue weighted by Gasteiger charge is 2.14. The first-order valence-electron chi connectivity index (χ1n) is 7.56. The lowest BCUT2D eigenvalue weighted by Crippen LogP contribution is -2.24. The van der Waals surface area contributed by atoms with Gasteiger partial charge in [0.15, 0.2) is 0 Å². The van der Waals surface area contributed by atoms with Crippen molar-refractivity contribution in [3.05, 3.63) is 57.9 Å². The summed E-state index contributed by atoms with van der Waals surface area (Å²) in [7, 11) is 0. The van der Waals surface area contributed by atoms with Gasteiger partial charge in [0.1, 0.15) is 11.6 Å². The molecule has 120 valence electrons. The van der Waals surface area contributed by atoms with Crippen LogP contribution in [0.25, 0.3) is 0 Å². The number of nitrogens with one attached hydrogen (secondary N) is 1. The Labute approximate surface area is 142 Å². The summed E-state index contributed by atoms with van der Waals surface area (Å²) >= 11 is 3.17. The largest absolute Gasteiger partial charge is 0.357 e. The Bertz CT molecular complexity index is 699. The van der Waals surface area contributed by atoms with Crippen molar-refractivity contribution in [3.8, 4) is 0 Å². The van der Waals surface area contributed by atoms with E-state index in [1.54, 1.807) is 12.3 Å². The van der Waals surface area contributed by atoms with Crippen LogP contribution in [0.1, 0.15) is 28.8 Å². The lowest BCUT2D eigenvalue weighted by Gasteiger charge is -2.16. The maximum absolute atomic E-state index is 13.7. The van der Waals surface area contributed by atoms with Gasteiger partial charge in [0, 0.05) is 30.3 Å². The van der Waals surface area contributed by atoms with Crippen LogP contribution in [0.3, 0.4) is 0 Å². The number of amides is 1. The van der Waals surface area contributed by atoms with Crippen LogP contribution >= 0.6 is 15.9 Å². The van der Waals surface area contributed by atoms with Gasteiger partial charge < -0.3 is 10.2 Å². The molecule has 6 heteroatoms. The van der Waals surface area contributed by atoms with Gasteiger partial charge >= 0.3 is 0 Å². The molecule has 1 amide bonds. The van der Waals surface area contributed by atoms with E-state index in [2.05, 4.69) is 31.1 Å². The van der Waals surface area contributed by atoms with Crippen molar-refractivity contribution < 1.29 is 9.18 Å². The maximum Gasteiger partial charge on any atom is 0.254 e. The zero-order valence-corrected chi connectivity index (χ0v) is 14.1. The van der Waals surface area contributed by atoms with E-state index in [1.807, 2.05) is 12.1 Å². The molecule has 1 fully saturated rings. The molecule has 1 N–H and O–H groups in total. The average Bonchev–Trinajstić information content (AvgIpc) is 3.07. The first-order valence-corrected chi connectivity index (χ1v) is 8.36. The van der Waals surface area contributed by atoms with E-state index in [0.29, 0.717) is 11.0 Å². The van der Waals surface area contributed by atoms with Crippen LogP contribution in [0.4, 0.5) is 10.2 Å². The van der Waals surface area contributed by atoms with Crippen LogP contribution in [0.2, 0.25) is 0 Å². The zero-order valence-electron chi connectivity index (χ0n) is 12.6. The molecule has 2 heterocycles. The smallest absolute Gasteiger partial charge is 0.254 e. The Balaban J connectivity index is 1.60. The molecule has 0 aliphatic carbocycles. The van der Waals surface area contributed by atoms with Crippen molar-refractivity contribution in [2.45, 2.75) is 19.4 Å². The van der Waals surface area contributed by atoms with Crippen molar-refractivity contribution >= 4 is 27.7 Å². The Morgan fingerprint density at radius 1 is 1.26 bits per heavy atom. The standard InChI is InChI=1S/C17H17BrFN3O/c18-13-4-5-14(15(19)9-13)17(23)21-11-12-3-6-16(20-10-12)22-7-1-2-8-22/h3-6,9-10H,1-2,7-8,11H2,(H,21,23). The van der Waals surface area contributed by atoms with Gasteiger partial charge in [-0.2, -0.15) is 0 Å². The van der Waals surface area contributed by atoms with Crippen LogP contribution in [-0.2, 0) is 6.54 Å². The number of carbonyl (C=O) groups excluding carboxylic acids is 1. The number of halogens is 2. The molecule has 1 aliphatic heterocycles. The van der Waals surface area contributed by atoms with E-state index in [4.69, 9.17) is 0 Å². The van der Waals surface area contributed by atoms with E-state index >= 15 is 0 Å². The second-order valence-corrected chi connectivity index (χ2v) is 6.44. The molecular weight excluding hydrogens is 361 g/mol. The molecule has 2 aromatic rings. The molecule has 0 unspecified atom stereocenters. The predicted octanol–water partition coefficient (Wildman–Crippen LogP) is 3.51. The minimum atomic E-state index is -0.542. The van der Waals surface area contributed by atoms with Crippen LogP contribution in [0.15, 0.2) is 41.0 Å². The van der Waals surface area contributed by atoms with Gasteiger partial charge in [-0.1, -0.05) is 22.0 Å². The van der Waals surface area contributed by atoms with Gasteiger partial charge in [-0.05, 0) is 42.7 Å². The highest BCUT2D eigenvalue weighted by Crippen LogP contribution is 2.18. The maximum atomic E-state index is 13.7. The topological polar surface area (TPSA) is 45.2 Å². The first kappa shape index (κ1) is 15.9. The van der Waals surface area contributed by atoms with Gasteiger partial charge in [-0.15, -0.1) is 0 Å². The number of pyridine rings is 1. The summed E-state index contributed by atoms with van der Waals surface area (Å²) in [6.45, 7) is 2.42. The summed E-state index contributed by atoms with van der Waals surface area (Å²) in [6, 6.07) is 8.29. The van der Waals surface area contributed by atoms with Gasteiger partial charge in [0.2, 0.25) is 0 Å². The number of anilines is 1. The van der Waals surface area contributed by atoms with Gasteiger partial charge in [0.05, 0.1) is 5.56 Å². The van der Waals surface area contributed by atoms with Crippen molar-refractivity contribution in [2.24, 2.45) is 0 Å². The van der Waals surface area contributed by atoms with Gasteiger partial charge in [-0.25, -0.2) is 9.37 Å². The van der Waals surface area contributed by atoms with Crippen molar-refractivity contribution in [1.29, 1.82) is 0 Å². The molecule has 0 atom stereocenters. The fourth-order valence-corrected chi connectivity index (χ4v) is 2.94. The summed E-state index contributed by atoms with van der Waals surface area (Å²) in [5, 5.41) is 2.72. The summed E-state index contributed by atoms with van der Waals surface area (Å²) in [6.07, 6.45) is 4.17. The molecule has 0 saturated carbocycles. The van der Waals surface area contributed by atoms with Gasteiger partial charge in [0.25, 0.3) is 5.91 Å². The van der Waals surface area contributed by atoms with Crippen LogP contribution in [0.5, 0.6) is 0 Å². The minimum absolute atomic E-state index is 0.0369. The third-order valence-corrected chi connectivity index (χ3v) is 4.36. The van der Waals surface area contributed by atoms with E-state index in [9.17, 15) is 9.18 Å². The molecule has 1 saturated heterocycles. The number of aromatic nitrogens is 1. The normalized spacial score (nSPS) is 14.1. The number of carbonyl (C=O) groups is 1. The van der Waals surface area contributed by atoms with Crippen LogP contribution in [0, 0.1) is 5.82 Å². The second-order valence-electron chi connectivity index (χ2n) is 5.53. The molecule has 23 heavy (non-hydrogen) atoms. The predicted molar refractivity (Wildman–Crippen MR) is 91.0 cm³/mol. The quantitative estimate of drug-likeness (QED) is 0.886. The molecular formula is C17H17BrFN3O. The summed E-state index contributed by atoms with van der Waals surface area (Å²) in [4.78, 5) is 18.7. The lowest BCUT2D eigenvalue weighted by atomic mass is 10.2. The Morgan fingerprint density at radius 2 is 2.04 bits per heavy atom. The van der Waals surface area contributed by atoms with E-state index in [1.165, 1.54) is 25.0 Å². The summed E-state index contributed by atoms with van der Waals surface area (Å²) in [5.41, 5.74) is 0.925. The minimum Gasteiger partial charge on any atom is -0.357 e. The number of benzene rings is 1. The Morgan fingerprint density at radius 3 is 2.70 bits per heavy atom. The fourth-order valence-electron chi connectivity index (χ4n) is 2.61. The van der Waals surface area contributed by atoms with Gasteiger partial charge in [-0.3, -0.25) is 4.79 Å². The molecule has 1 aromatic carbocycles. The fraction of sp³-hybridized carbons (Fsp3) is 0.294. The van der Waals surface area contributed by atoms with Crippen LogP contribution < -0.4 is 10.2 Å². The van der Waals surface area contributed by atoms with E-state index in [-0.39, 0.29) is 5.56 Å². The van der Waals surface area contributed by atoms with Crippen molar-refractivity contribution in [1.82, 2.24) is 10.3 Å². The van der Waals surface area contributed by atoms with Crippen molar-refractivity contribution in [2.75, 3.05) is 18.0 Å². The van der Waals surface area contributed by atoms with Crippen molar-refractivity contribution in [3.63, 3.8) is 0 Å². The number of hydrogen-bond acceptors (Lipinski definition) is 3. The molecule has 4 nitrogen and oxygen atoms in total. The SMILES string of the molecule is O=C(NCc1ccc(N2CCCC2)nc1)c1ccc(Br)cc1F. The average molecular weight is 378 g/mol. The molecule has 0 bridgehead atoms. The Kier molecular flexibility index (Phi) is 4.91. The summed E-state index contributed by atoms with van der Waals surface area (Å²) in [5.74, 6) is -0.00506. The molecule has 1 aliphatic rings. The third kappa shape index (κ3) is 3.88. The third-order valence-electron chi connectivity index (χ3n) is 3.87. The zero-order chi connectivity index (χ0) is 16.2. The van der Waals surface area contributed by atoms with Crippen LogP contribution in [-0.4, -0.2) is 24.0 Å². The molecule has 0 spiro atoms. The second kappa shape index (κ2) is 7.08.